The number of rotatable bonds is 5. The lowest BCUT2D eigenvalue weighted by Gasteiger charge is -2.16. The fourth-order valence-corrected chi connectivity index (χ4v) is 3.29. The fraction of sp³-hybridized carbons (Fsp3) is 0.556. The van der Waals surface area contributed by atoms with E-state index in [1.54, 1.807) is 12.3 Å². The monoisotopic (exact) mass is 330 g/mol. The fourth-order valence-electron chi connectivity index (χ4n) is 3.29. The van der Waals surface area contributed by atoms with Gasteiger partial charge in [-0.3, -0.25) is 4.79 Å². The first kappa shape index (κ1) is 15.4. The second kappa shape index (κ2) is 6.09. The van der Waals surface area contributed by atoms with Gasteiger partial charge in [-0.1, -0.05) is 5.16 Å². The van der Waals surface area contributed by atoms with Crippen LogP contribution in [0.25, 0.3) is 0 Å². The molecule has 2 aromatic heterocycles. The maximum absolute atomic E-state index is 12.7. The topological polar surface area (TPSA) is 68.7 Å². The summed E-state index contributed by atoms with van der Waals surface area (Å²) >= 11 is 0. The SMILES string of the molecule is Cc1noc(C)c1COC1CCN(C(=O)c2ccoc2C2CC2)C1. The highest BCUT2D eigenvalue weighted by molar-refractivity contribution is 5.95. The molecule has 0 radical (unpaired) electrons. The van der Waals surface area contributed by atoms with Gasteiger partial charge in [0.2, 0.25) is 0 Å². The van der Waals surface area contributed by atoms with Gasteiger partial charge in [-0.15, -0.1) is 0 Å². The third-order valence-corrected chi connectivity index (χ3v) is 4.95. The number of likely N-dealkylation sites (tertiary alicyclic amines) is 1. The molecule has 0 bridgehead atoms. The smallest absolute Gasteiger partial charge is 0.257 e. The number of aryl methyl sites for hydroxylation is 2. The molecule has 128 valence electrons. The highest BCUT2D eigenvalue weighted by Gasteiger charge is 2.35. The highest BCUT2D eigenvalue weighted by atomic mass is 16.5. The Bertz CT molecular complexity index is 725. The minimum absolute atomic E-state index is 0.0546. The molecule has 2 aliphatic rings. The van der Waals surface area contributed by atoms with Crippen molar-refractivity contribution in [2.45, 2.75) is 51.7 Å². The first-order chi connectivity index (χ1) is 11.6. The minimum atomic E-state index is 0.0546. The summed E-state index contributed by atoms with van der Waals surface area (Å²) in [4.78, 5) is 14.6. The van der Waals surface area contributed by atoms with Gasteiger partial charge in [-0.05, 0) is 39.2 Å². The second-order valence-electron chi connectivity index (χ2n) is 6.75. The Morgan fingerprint density at radius 2 is 2.21 bits per heavy atom. The van der Waals surface area contributed by atoms with E-state index in [-0.39, 0.29) is 12.0 Å². The maximum atomic E-state index is 12.7. The number of carbonyl (C=O) groups excluding carboxylic acids is 1. The molecule has 1 aliphatic carbocycles. The van der Waals surface area contributed by atoms with E-state index in [4.69, 9.17) is 13.7 Å². The first-order valence-corrected chi connectivity index (χ1v) is 8.53. The van der Waals surface area contributed by atoms with Crippen LogP contribution in [0.2, 0.25) is 0 Å². The van der Waals surface area contributed by atoms with Crippen molar-refractivity contribution in [3.63, 3.8) is 0 Å². The van der Waals surface area contributed by atoms with E-state index in [0.717, 1.165) is 54.1 Å². The van der Waals surface area contributed by atoms with Gasteiger partial charge >= 0.3 is 0 Å². The van der Waals surface area contributed by atoms with Crippen LogP contribution in [0.3, 0.4) is 0 Å². The zero-order chi connectivity index (χ0) is 16.7. The average Bonchev–Trinajstić information content (AvgIpc) is 2.98. The number of carbonyl (C=O) groups is 1. The molecule has 1 amide bonds. The molecular weight excluding hydrogens is 308 g/mol. The lowest BCUT2D eigenvalue weighted by Crippen LogP contribution is -2.30. The van der Waals surface area contributed by atoms with Crippen LogP contribution in [-0.2, 0) is 11.3 Å². The molecule has 0 spiro atoms. The van der Waals surface area contributed by atoms with Crippen LogP contribution in [0.1, 0.15) is 58.3 Å². The molecule has 6 heteroatoms. The van der Waals surface area contributed by atoms with Crippen LogP contribution in [-0.4, -0.2) is 35.2 Å². The summed E-state index contributed by atoms with van der Waals surface area (Å²) in [5.74, 6) is 2.16. The van der Waals surface area contributed by atoms with Crippen LogP contribution in [0.5, 0.6) is 0 Å². The van der Waals surface area contributed by atoms with Crippen LogP contribution in [0.4, 0.5) is 0 Å². The Hall–Kier alpha value is -2.08. The quantitative estimate of drug-likeness (QED) is 0.842. The van der Waals surface area contributed by atoms with Gasteiger partial charge in [-0.2, -0.15) is 0 Å². The predicted molar refractivity (Wildman–Crippen MR) is 85.8 cm³/mol. The molecule has 1 unspecified atom stereocenters. The second-order valence-corrected chi connectivity index (χ2v) is 6.75. The maximum Gasteiger partial charge on any atom is 0.257 e. The van der Waals surface area contributed by atoms with Crippen LogP contribution < -0.4 is 0 Å². The van der Waals surface area contributed by atoms with E-state index in [2.05, 4.69) is 5.16 Å². The number of hydrogen-bond acceptors (Lipinski definition) is 5. The summed E-state index contributed by atoms with van der Waals surface area (Å²) < 4.78 is 16.7. The standard InChI is InChI=1S/C18H22N2O4/c1-11-16(12(2)24-19-11)10-23-14-5-7-20(9-14)18(21)15-6-8-22-17(15)13-3-4-13/h6,8,13-14H,3-5,7,9-10H2,1-2H3. The summed E-state index contributed by atoms with van der Waals surface area (Å²) in [5, 5.41) is 3.94. The summed E-state index contributed by atoms with van der Waals surface area (Å²) in [6, 6.07) is 1.80. The number of furan rings is 1. The zero-order valence-electron chi connectivity index (χ0n) is 14.1. The zero-order valence-corrected chi connectivity index (χ0v) is 14.1. The molecule has 0 N–H and O–H groups in total. The first-order valence-electron chi connectivity index (χ1n) is 8.53. The van der Waals surface area contributed by atoms with Gasteiger partial charge in [0.25, 0.3) is 5.91 Å². The van der Waals surface area contributed by atoms with Crippen molar-refractivity contribution < 1.29 is 18.5 Å². The van der Waals surface area contributed by atoms with Crippen LogP contribution >= 0.6 is 0 Å². The number of aromatic nitrogens is 1. The number of amides is 1. The van der Waals surface area contributed by atoms with Crippen molar-refractivity contribution in [2.75, 3.05) is 13.1 Å². The largest absolute Gasteiger partial charge is 0.468 e. The number of hydrogen-bond donors (Lipinski definition) is 0. The Morgan fingerprint density at radius 3 is 2.92 bits per heavy atom. The molecule has 4 rings (SSSR count). The Labute approximate surface area is 140 Å². The lowest BCUT2D eigenvalue weighted by atomic mass is 10.1. The van der Waals surface area contributed by atoms with Crippen molar-refractivity contribution in [1.82, 2.24) is 10.1 Å². The van der Waals surface area contributed by atoms with Crippen molar-refractivity contribution in [3.8, 4) is 0 Å². The van der Waals surface area contributed by atoms with Gasteiger partial charge in [0, 0.05) is 24.6 Å². The summed E-state index contributed by atoms with van der Waals surface area (Å²) in [6.07, 6.45) is 4.78. The van der Waals surface area contributed by atoms with Gasteiger partial charge in [0.05, 0.1) is 30.2 Å². The van der Waals surface area contributed by atoms with E-state index in [1.807, 2.05) is 18.7 Å². The highest BCUT2D eigenvalue weighted by Crippen LogP contribution is 2.42. The molecule has 24 heavy (non-hydrogen) atoms. The van der Waals surface area contributed by atoms with Crippen molar-refractivity contribution in [1.29, 1.82) is 0 Å². The molecule has 6 nitrogen and oxygen atoms in total. The summed E-state index contributed by atoms with van der Waals surface area (Å²) in [5.41, 5.74) is 2.60. The number of ether oxygens (including phenoxy) is 1. The molecule has 2 aromatic rings. The molecule has 1 saturated carbocycles. The minimum Gasteiger partial charge on any atom is -0.468 e. The number of nitrogens with zero attached hydrogens (tertiary/aromatic N) is 2. The van der Waals surface area contributed by atoms with Crippen molar-refractivity contribution in [2.24, 2.45) is 0 Å². The van der Waals surface area contributed by atoms with E-state index in [0.29, 0.717) is 19.1 Å². The van der Waals surface area contributed by atoms with Gasteiger partial charge in [0.15, 0.2) is 0 Å². The molecular formula is C18H22N2O4. The third kappa shape index (κ3) is 2.86. The summed E-state index contributed by atoms with van der Waals surface area (Å²) in [7, 11) is 0. The molecule has 1 atom stereocenters. The van der Waals surface area contributed by atoms with E-state index in [9.17, 15) is 4.79 Å². The van der Waals surface area contributed by atoms with Crippen LogP contribution in [0.15, 0.2) is 21.3 Å². The van der Waals surface area contributed by atoms with E-state index in [1.165, 1.54) is 0 Å². The molecule has 2 fully saturated rings. The Kier molecular flexibility index (Phi) is 3.92. The molecule has 1 saturated heterocycles. The molecule has 3 heterocycles. The predicted octanol–water partition coefficient (Wildman–Crippen LogP) is 3.19. The van der Waals surface area contributed by atoms with Gasteiger partial charge in [0.1, 0.15) is 11.5 Å². The van der Waals surface area contributed by atoms with Crippen LogP contribution in [0, 0.1) is 13.8 Å². The molecule has 0 aromatic carbocycles. The summed E-state index contributed by atoms with van der Waals surface area (Å²) in [6.45, 7) is 5.63. The average molecular weight is 330 g/mol. The Balaban J connectivity index is 1.36. The Morgan fingerprint density at radius 1 is 1.38 bits per heavy atom. The van der Waals surface area contributed by atoms with Gasteiger partial charge < -0.3 is 18.6 Å². The molecule has 1 aliphatic heterocycles. The normalized spacial score (nSPS) is 20.8. The van der Waals surface area contributed by atoms with E-state index >= 15 is 0 Å². The lowest BCUT2D eigenvalue weighted by molar-refractivity contribution is 0.0430. The van der Waals surface area contributed by atoms with E-state index < -0.39 is 0 Å². The third-order valence-electron chi connectivity index (χ3n) is 4.95. The van der Waals surface area contributed by atoms with Crippen molar-refractivity contribution >= 4 is 5.91 Å². The van der Waals surface area contributed by atoms with Crippen molar-refractivity contribution in [3.05, 3.63) is 40.7 Å². The van der Waals surface area contributed by atoms with Gasteiger partial charge in [-0.25, -0.2) is 0 Å².